The van der Waals surface area contributed by atoms with Gasteiger partial charge in [-0.1, -0.05) is 37.2 Å². The summed E-state index contributed by atoms with van der Waals surface area (Å²) in [6, 6.07) is 9.95. The predicted octanol–water partition coefficient (Wildman–Crippen LogP) is 3.86. The van der Waals surface area contributed by atoms with Crippen LogP contribution in [-0.4, -0.2) is 22.6 Å². The number of carbonyl (C=O) groups excluding carboxylic acids is 1. The van der Waals surface area contributed by atoms with E-state index in [1.54, 1.807) is 0 Å². The SMILES string of the molecule is Cc1noc2nc(C(C)C)cc(C(=O)N3CCc4ccccc43)c12. The highest BCUT2D eigenvalue weighted by atomic mass is 16.5. The number of nitrogens with zero attached hydrogens (tertiary/aromatic N) is 3. The minimum atomic E-state index is -0.0134. The quantitative estimate of drug-likeness (QED) is 0.719. The molecule has 0 fully saturated rings. The van der Waals surface area contributed by atoms with Crippen LogP contribution in [0.2, 0.25) is 0 Å². The highest BCUT2D eigenvalue weighted by Gasteiger charge is 2.28. The smallest absolute Gasteiger partial charge is 0.259 e. The summed E-state index contributed by atoms with van der Waals surface area (Å²) in [6.07, 6.45) is 0.885. The number of pyridine rings is 1. The number of rotatable bonds is 2. The molecule has 0 radical (unpaired) electrons. The normalized spacial score (nSPS) is 13.8. The Labute approximate surface area is 140 Å². The lowest BCUT2D eigenvalue weighted by Gasteiger charge is -2.18. The number of aryl methyl sites for hydroxylation is 1. The molecular formula is C19H19N3O2. The molecule has 1 aromatic carbocycles. The molecule has 0 saturated heterocycles. The van der Waals surface area contributed by atoms with Crippen molar-refractivity contribution in [3.63, 3.8) is 0 Å². The van der Waals surface area contributed by atoms with Gasteiger partial charge in [-0.05, 0) is 37.0 Å². The van der Waals surface area contributed by atoms with Crippen LogP contribution in [0.25, 0.3) is 11.1 Å². The first-order valence-electron chi connectivity index (χ1n) is 8.23. The Kier molecular flexibility index (Phi) is 3.37. The van der Waals surface area contributed by atoms with E-state index in [9.17, 15) is 4.79 Å². The Morgan fingerprint density at radius 3 is 2.88 bits per heavy atom. The fourth-order valence-electron chi connectivity index (χ4n) is 3.27. The Hall–Kier alpha value is -2.69. The molecule has 3 heterocycles. The van der Waals surface area contributed by atoms with E-state index >= 15 is 0 Å². The lowest BCUT2D eigenvalue weighted by Crippen LogP contribution is -2.29. The Morgan fingerprint density at radius 2 is 2.08 bits per heavy atom. The van der Waals surface area contributed by atoms with Crippen molar-refractivity contribution < 1.29 is 9.32 Å². The first-order valence-corrected chi connectivity index (χ1v) is 8.23. The van der Waals surface area contributed by atoms with Crippen LogP contribution in [0.3, 0.4) is 0 Å². The van der Waals surface area contributed by atoms with E-state index in [0.29, 0.717) is 28.9 Å². The summed E-state index contributed by atoms with van der Waals surface area (Å²) in [7, 11) is 0. The summed E-state index contributed by atoms with van der Waals surface area (Å²) >= 11 is 0. The van der Waals surface area contributed by atoms with Gasteiger partial charge in [0, 0.05) is 17.9 Å². The van der Waals surface area contributed by atoms with Gasteiger partial charge in [-0.25, -0.2) is 4.98 Å². The molecule has 0 saturated carbocycles. The lowest BCUT2D eigenvalue weighted by molar-refractivity contribution is 0.0990. The number of hydrogen-bond acceptors (Lipinski definition) is 4. The zero-order chi connectivity index (χ0) is 16.8. The molecule has 0 bridgehead atoms. The molecular weight excluding hydrogens is 302 g/mol. The van der Waals surface area contributed by atoms with Crippen molar-refractivity contribution >= 4 is 22.7 Å². The van der Waals surface area contributed by atoms with E-state index < -0.39 is 0 Å². The Bertz CT molecular complexity index is 943. The topological polar surface area (TPSA) is 59.2 Å². The fraction of sp³-hybridized carbons (Fsp3) is 0.316. The minimum absolute atomic E-state index is 0.0134. The predicted molar refractivity (Wildman–Crippen MR) is 92.5 cm³/mol. The maximum Gasteiger partial charge on any atom is 0.259 e. The molecule has 0 unspecified atom stereocenters. The monoisotopic (exact) mass is 321 g/mol. The summed E-state index contributed by atoms with van der Waals surface area (Å²) in [5.74, 6) is 0.192. The molecule has 4 rings (SSSR count). The van der Waals surface area contributed by atoms with Crippen molar-refractivity contribution in [1.29, 1.82) is 0 Å². The highest BCUT2D eigenvalue weighted by molar-refractivity contribution is 6.14. The highest BCUT2D eigenvalue weighted by Crippen LogP contribution is 2.32. The van der Waals surface area contributed by atoms with E-state index in [-0.39, 0.29) is 11.8 Å². The number of para-hydroxylation sites is 1. The molecule has 1 aliphatic heterocycles. The van der Waals surface area contributed by atoms with Gasteiger partial charge in [-0.3, -0.25) is 4.79 Å². The Balaban J connectivity index is 1.87. The first-order chi connectivity index (χ1) is 11.6. The van der Waals surface area contributed by atoms with Crippen molar-refractivity contribution in [1.82, 2.24) is 10.1 Å². The van der Waals surface area contributed by atoms with Crippen LogP contribution < -0.4 is 4.90 Å². The first kappa shape index (κ1) is 14.9. The molecule has 122 valence electrons. The molecule has 0 spiro atoms. The molecule has 0 N–H and O–H groups in total. The molecule has 1 amide bonds. The molecule has 5 heteroatoms. The van der Waals surface area contributed by atoms with Crippen LogP contribution in [0.5, 0.6) is 0 Å². The number of amides is 1. The summed E-state index contributed by atoms with van der Waals surface area (Å²) < 4.78 is 5.33. The van der Waals surface area contributed by atoms with Crippen molar-refractivity contribution in [2.45, 2.75) is 33.1 Å². The molecule has 0 atom stereocenters. The van der Waals surface area contributed by atoms with Crippen molar-refractivity contribution in [2.75, 3.05) is 11.4 Å². The summed E-state index contributed by atoms with van der Waals surface area (Å²) in [5.41, 5.74) is 4.81. The van der Waals surface area contributed by atoms with E-state index in [4.69, 9.17) is 4.52 Å². The molecule has 1 aliphatic rings. The van der Waals surface area contributed by atoms with E-state index in [1.807, 2.05) is 36.1 Å². The Morgan fingerprint density at radius 1 is 1.29 bits per heavy atom. The molecule has 0 aliphatic carbocycles. The van der Waals surface area contributed by atoms with Crippen LogP contribution in [0.4, 0.5) is 5.69 Å². The molecule has 5 nitrogen and oxygen atoms in total. The van der Waals surface area contributed by atoms with Crippen molar-refractivity contribution in [3.8, 4) is 0 Å². The van der Waals surface area contributed by atoms with Gasteiger partial charge in [-0.15, -0.1) is 0 Å². The largest absolute Gasteiger partial charge is 0.336 e. The molecule has 2 aromatic heterocycles. The van der Waals surface area contributed by atoms with Crippen LogP contribution >= 0.6 is 0 Å². The third-order valence-corrected chi connectivity index (χ3v) is 4.59. The van der Waals surface area contributed by atoms with E-state index in [0.717, 1.165) is 17.8 Å². The maximum absolute atomic E-state index is 13.3. The summed E-state index contributed by atoms with van der Waals surface area (Å²) in [4.78, 5) is 19.6. The number of hydrogen-bond donors (Lipinski definition) is 0. The van der Waals surface area contributed by atoms with Crippen LogP contribution in [0, 0.1) is 6.92 Å². The third kappa shape index (κ3) is 2.19. The van der Waals surface area contributed by atoms with Gasteiger partial charge in [0.1, 0.15) is 0 Å². The second-order valence-electron chi connectivity index (χ2n) is 6.53. The fourth-order valence-corrected chi connectivity index (χ4v) is 3.27. The number of anilines is 1. The number of benzene rings is 1. The van der Waals surface area contributed by atoms with Gasteiger partial charge in [-0.2, -0.15) is 0 Å². The van der Waals surface area contributed by atoms with Crippen LogP contribution in [-0.2, 0) is 6.42 Å². The van der Waals surface area contributed by atoms with Crippen LogP contribution in [0.1, 0.15) is 47.1 Å². The number of aromatic nitrogens is 2. The average molecular weight is 321 g/mol. The van der Waals surface area contributed by atoms with E-state index in [1.165, 1.54) is 5.56 Å². The minimum Gasteiger partial charge on any atom is -0.336 e. The third-order valence-electron chi connectivity index (χ3n) is 4.59. The van der Waals surface area contributed by atoms with Crippen molar-refractivity contribution in [2.24, 2.45) is 0 Å². The van der Waals surface area contributed by atoms with Gasteiger partial charge in [0.05, 0.1) is 16.6 Å². The van der Waals surface area contributed by atoms with Gasteiger partial charge in [0.15, 0.2) is 0 Å². The van der Waals surface area contributed by atoms with Gasteiger partial charge >= 0.3 is 0 Å². The van der Waals surface area contributed by atoms with E-state index in [2.05, 4.69) is 30.1 Å². The lowest BCUT2D eigenvalue weighted by atomic mass is 10.0. The summed E-state index contributed by atoms with van der Waals surface area (Å²) in [6.45, 7) is 6.65. The number of fused-ring (bicyclic) bond motifs is 2. The maximum atomic E-state index is 13.3. The summed E-state index contributed by atoms with van der Waals surface area (Å²) in [5, 5.41) is 4.72. The average Bonchev–Trinajstić information content (AvgIpc) is 3.17. The van der Waals surface area contributed by atoms with Gasteiger partial charge in [0.2, 0.25) is 0 Å². The zero-order valence-electron chi connectivity index (χ0n) is 14.0. The molecule has 24 heavy (non-hydrogen) atoms. The van der Waals surface area contributed by atoms with Gasteiger partial charge in [0.25, 0.3) is 11.6 Å². The number of carbonyl (C=O) groups is 1. The second-order valence-corrected chi connectivity index (χ2v) is 6.53. The van der Waals surface area contributed by atoms with Crippen molar-refractivity contribution in [3.05, 3.63) is 52.8 Å². The zero-order valence-corrected chi connectivity index (χ0v) is 14.0. The van der Waals surface area contributed by atoms with Gasteiger partial charge < -0.3 is 9.42 Å². The molecule has 3 aromatic rings. The second kappa shape index (κ2) is 5.44. The van der Waals surface area contributed by atoms with Crippen LogP contribution in [0.15, 0.2) is 34.9 Å². The standard InChI is InChI=1S/C19H19N3O2/c1-11(2)15-10-14(17-12(3)21-24-18(17)20-15)19(23)22-9-8-13-6-4-5-7-16(13)22/h4-7,10-11H,8-9H2,1-3H3.